The van der Waals surface area contributed by atoms with Crippen LogP contribution in [0.5, 0.6) is 0 Å². The molecule has 78 valence electrons. The van der Waals surface area contributed by atoms with Gasteiger partial charge in [-0.2, -0.15) is 0 Å². The standard InChI is InChI=1S/C10H16N2OS/c1-8(2)7-9(13)11-10(14)12-5-3-4-6-12/h7H,3-6H2,1-2H3,(H,11,13,14). The van der Waals surface area contributed by atoms with Gasteiger partial charge in [0, 0.05) is 19.2 Å². The van der Waals surface area contributed by atoms with Crippen LogP contribution < -0.4 is 5.32 Å². The molecule has 0 aliphatic carbocycles. The van der Waals surface area contributed by atoms with E-state index in [0.717, 1.165) is 18.7 Å². The molecule has 0 aromatic rings. The van der Waals surface area contributed by atoms with Gasteiger partial charge in [-0.1, -0.05) is 5.57 Å². The predicted octanol–water partition coefficient (Wildman–Crippen LogP) is 1.45. The lowest BCUT2D eigenvalue weighted by atomic mass is 10.3. The molecule has 3 nitrogen and oxygen atoms in total. The van der Waals surface area contributed by atoms with Crippen LogP contribution in [0, 0.1) is 0 Å². The highest BCUT2D eigenvalue weighted by atomic mass is 32.1. The Kier molecular flexibility index (Phi) is 4.07. The SMILES string of the molecule is CC(C)=CC(=O)NC(=S)N1CCCC1. The van der Waals surface area contributed by atoms with Crippen molar-refractivity contribution in [3.63, 3.8) is 0 Å². The van der Waals surface area contributed by atoms with Gasteiger partial charge in [-0.15, -0.1) is 0 Å². The van der Waals surface area contributed by atoms with Crippen molar-refractivity contribution in [1.29, 1.82) is 0 Å². The largest absolute Gasteiger partial charge is 0.349 e. The number of nitrogens with one attached hydrogen (secondary N) is 1. The topological polar surface area (TPSA) is 32.3 Å². The maximum Gasteiger partial charge on any atom is 0.250 e. The molecule has 1 fully saturated rings. The number of hydrogen-bond acceptors (Lipinski definition) is 2. The summed E-state index contributed by atoms with van der Waals surface area (Å²) in [4.78, 5) is 13.4. The molecule has 1 rings (SSSR count). The van der Waals surface area contributed by atoms with Crippen LogP contribution in [0.3, 0.4) is 0 Å². The monoisotopic (exact) mass is 212 g/mol. The number of nitrogens with zero attached hydrogens (tertiary/aromatic N) is 1. The first kappa shape index (κ1) is 11.2. The van der Waals surface area contributed by atoms with Crippen molar-refractivity contribution in [2.45, 2.75) is 26.7 Å². The molecule has 0 radical (unpaired) electrons. The van der Waals surface area contributed by atoms with E-state index in [4.69, 9.17) is 12.2 Å². The third kappa shape index (κ3) is 3.46. The van der Waals surface area contributed by atoms with E-state index in [1.165, 1.54) is 12.8 Å². The fraction of sp³-hybridized carbons (Fsp3) is 0.600. The molecule has 1 aliphatic heterocycles. The molecular weight excluding hydrogens is 196 g/mol. The highest BCUT2D eigenvalue weighted by Gasteiger charge is 2.15. The summed E-state index contributed by atoms with van der Waals surface area (Å²) in [7, 11) is 0. The van der Waals surface area contributed by atoms with Gasteiger partial charge < -0.3 is 4.90 Å². The van der Waals surface area contributed by atoms with Gasteiger partial charge in [0.05, 0.1) is 0 Å². The molecule has 0 atom stereocenters. The van der Waals surface area contributed by atoms with Gasteiger partial charge in [0.1, 0.15) is 0 Å². The van der Waals surface area contributed by atoms with Crippen LogP contribution in [0.4, 0.5) is 0 Å². The number of thiocarbonyl (C=S) groups is 1. The molecule has 0 aromatic carbocycles. The molecule has 1 heterocycles. The van der Waals surface area contributed by atoms with Crippen LogP contribution in [0.1, 0.15) is 26.7 Å². The molecule has 1 N–H and O–H groups in total. The summed E-state index contributed by atoms with van der Waals surface area (Å²) >= 11 is 5.11. The zero-order valence-electron chi connectivity index (χ0n) is 8.67. The second-order valence-corrected chi connectivity index (χ2v) is 4.10. The van der Waals surface area contributed by atoms with Crippen LogP contribution in [-0.4, -0.2) is 29.0 Å². The van der Waals surface area contributed by atoms with Crippen LogP contribution >= 0.6 is 12.2 Å². The summed E-state index contributed by atoms with van der Waals surface area (Å²) < 4.78 is 0. The highest BCUT2D eigenvalue weighted by molar-refractivity contribution is 7.80. The maximum atomic E-state index is 11.3. The van der Waals surface area contributed by atoms with E-state index >= 15 is 0 Å². The lowest BCUT2D eigenvalue weighted by Gasteiger charge is -2.17. The van der Waals surface area contributed by atoms with E-state index < -0.39 is 0 Å². The summed E-state index contributed by atoms with van der Waals surface area (Å²) in [5.41, 5.74) is 0.978. The van der Waals surface area contributed by atoms with Crippen molar-refractivity contribution < 1.29 is 4.79 Å². The van der Waals surface area contributed by atoms with E-state index in [1.807, 2.05) is 18.7 Å². The number of carbonyl (C=O) groups excluding carboxylic acids is 1. The Balaban J connectivity index is 2.40. The Morgan fingerprint density at radius 1 is 1.36 bits per heavy atom. The number of allylic oxidation sites excluding steroid dienone is 1. The maximum absolute atomic E-state index is 11.3. The second kappa shape index (κ2) is 5.10. The Labute approximate surface area is 90.2 Å². The summed E-state index contributed by atoms with van der Waals surface area (Å²) in [5, 5.41) is 3.26. The van der Waals surface area contributed by atoms with Gasteiger partial charge in [0.2, 0.25) is 5.91 Å². The van der Waals surface area contributed by atoms with Gasteiger partial charge >= 0.3 is 0 Å². The first-order valence-electron chi connectivity index (χ1n) is 4.84. The summed E-state index contributed by atoms with van der Waals surface area (Å²) in [6, 6.07) is 0. The molecule has 1 saturated heterocycles. The van der Waals surface area contributed by atoms with Crippen molar-refractivity contribution in [3.05, 3.63) is 11.6 Å². The van der Waals surface area contributed by atoms with E-state index in [1.54, 1.807) is 6.08 Å². The van der Waals surface area contributed by atoms with Crippen LogP contribution in [0.25, 0.3) is 0 Å². The number of likely N-dealkylation sites (tertiary alicyclic amines) is 1. The number of hydrogen-bond donors (Lipinski definition) is 1. The molecule has 1 amide bonds. The molecule has 4 heteroatoms. The van der Waals surface area contributed by atoms with Crippen molar-refractivity contribution in [2.24, 2.45) is 0 Å². The third-order valence-corrected chi connectivity index (χ3v) is 2.40. The minimum absolute atomic E-state index is 0.123. The molecular formula is C10H16N2OS. The Morgan fingerprint density at radius 3 is 2.43 bits per heavy atom. The van der Waals surface area contributed by atoms with Gasteiger partial charge in [-0.3, -0.25) is 10.1 Å². The van der Waals surface area contributed by atoms with Gasteiger partial charge in [0.15, 0.2) is 5.11 Å². The van der Waals surface area contributed by atoms with E-state index in [-0.39, 0.29) is 5.91 Å². The molecule has 0 aromatic heterocycles. The zero-order chi connectivity index (χ0) is 10.6. The Hall–Kier alpha value is -0.900. The first-order chi connectivity index (χ1) is 6.59. The van der Waals surface area contributed by atoms with Crippen molar-refractivity contribution in [2.75, 3.05) is 13.1 Å². The normalized spacial score (nSPS) is 15.1. The van der Waals surface area contributed by atoms with Crippen molar-refractivity contribution in [3.8, 4) is 0 Å². The average Bonchev–Trinajstić information content (AvgIpc) is 2.53. The van der Waals surface area contributed by atoms with Crippen molar-refractivity contribution >= 4 is 23.2 Å². The Morgan fingerprint density at radius 2 is 1.93 bits per heavy atom. The fourth-order valence-corrected chi connectivity index (χ4v) is 1.69. The summed E-state index contributed by atoms with van der Waals surface area (Å²) in [6.45, 7) is 5.71. The summed E-state index contributed by atoms with van der Waals surface area (Å²) in [5.74, 6) is -0.123. The number of rotatable bonds is 1. The molecule has 0 unspecified atom stereocenters. The van der Waals surface area contributed by atoms with Crippen molar-refractivity contribution in [1.82, 2.24) is 10.2 Å². The third-order valence-electron chi connectivity index (χ3n) is 2.04. The fourth-order valence-electron chi connectivity index (χ4n) is 1.40. The molecule has 14 heavy (non-hydrogen) atoms. The highest BCUT2D eigenvalue weighted by Crippen LogP contribution is 2.07. The van der Waals surface area contributed by atoms with Gasteiger partial charge in [0.25, 0.3) is 0 Å². The molecule has 0 saturated carbocycles. The quantitative estimate of drug-likeness (QED) is 0.527. The molecule has 0 spiro atoms. The first-order valence-corrected chi connectivity index (χ1v) is 5.25. The van der Waals surface area contributed by atoms with Crippen LogP contribution in [-0.2, 0) is 4.79 Å². The lowest BCUT2D eigenvalue weighted by Crippen LogP contribution is -2.40. The zero-order valence-corrected chi connectivity index (χ0v) is 9.49. The Bertz CT molecular complexity index is 263. The smallest absolute Gasteiger partial charge is 0.250 e. The van der Waals surface area contributed by atoms with Gasteiger partial charge in [-0.25, -0.2) is 0 Å². The van der Waals surface area contributed by atoms with E-state index in [9.17, 15) is 4.79 Å². The van der Waals surface area contributed by atoms with E-state index in [2.05, 4.69) is 5.32 Å². The van der Waals surface area contributed by atoms with Crippen LogP contribution in [0.15, 0.2) is 11.6 Å². The van der Waals surface area contributed by atoms with E-state index in [0.29, 0.717) is 5.11 Å². The lowest BCUT2D eigenvalue weighted by molar-refractivity contribution is -0.115. The summed E-state index contributed by atoms with van der Waals surface area (Å²) in [6.07, 6.45) is 3.89. The second-order valence-electron chi connectivity index (χ2n) is 3.71. The molecule has 1 aliphatic rings. The predicted molar refractivity (Wildman–Crippen MR) is 61.0 cm³/mol. The average molecular weight is 212 g/mol. The van der Waals surface area contributed by atoms with Gasteiger partial charge in [-0.05, 0) is 38.9 Å². The minimum Gasteiger partial charge on any atom is -0.349 e. The van der Waals surface area contributed by atoms with Crippen LogP contribution in [0.2, 0.25) is 0 Å². The molecule has 0 bridgehead atoms. The number of carbonyl (C=O) groups is 1. The minimum atomic E-state index is -0.123. The number of amides is 1.